The van der Waals surface area contributed by atoms with Crippen molar-refractivity contribution in [3.63, 3.8) is 0 Å². The molecule has 0 saturated heterocycles. The molecule has 0 unspecified atom stereocenters. The van der Waals surface area contributed by atoms with Gasteiger partial charge in [0.15, 0.2) is 0 Å². The molecule has 7 heteroatoms. The largest absolute Gasteiger partial charge is 0.508 e. The van der Waals surface area contributed by atoms with E-state index in [1.54, 1.807) is 0 Å². The van der Waals surface area contributed by atoms with E-state index in [1.165, 1.54) is 35.6 Å². The highest BCUT2D eigenvalue weighted by molar-refractivity contribution is 7.13. The first-order valence-corrected chi connectivity index (χ1v) is 8.53. The highest BCUT2D eigenvalue weighted by Gasteiger charge is 2.16. The van der Waals surface area contributed by atoms with Gasteiger partial charge in [-0.3, -0.25) is 9.59 Å². The average molecular weight is 347 g/mol. The number of nitrogens with zero attached hydrogens (tertiary/aromatic N) is 1. The first-order chi connectivity index (χ1) is 11.4. The molecule has 0 spiro atoms. The Hall–Kier alpha value is -2.41. The van der Waals surface area contributed by atoms with Gasteiger partial charge in [-0.1, -0.05) is 13.8 Å². The molecule has 0 fully saturated rings. The van der Waals surface area contributed by atoms with E-state index in [4.69, 9.17) is 0 Å². The molecular weight excluding hydrogens is 326 g/mol. The van der Waals surface area contributed by atoms with Gasteiger partial charge in [0.05, 0.1) is 10.7 Å². The number of carbonyl (C=O) groups excluding carboxylic acids is 2. The summed E-state index contributed by atoms with van der Waals surface area (Å²) < 4.78 is 0. The summed E-state index contributed by atoms with van der Waals surface area (Å²) in [5.41, 5.74) is 1.19. The van der Waals surface area contributed by atoms with E-state index < -0.39 is 0 Å². The molecule has 3 N–H and O–H groups in total. The van der Waals surface area contributed by atoms with Gasteiger partial charge in [-0.05, 0) is 31.2 Å². The van der Waals surface area contributed by atoms with Crippen LogP contribution in [0.1, 0.15) is 50.5 Å². The summed E-state index contributed by atoms with van der Waals surface area (Å²) in [6, 6.07) is 5.99. The van der Waals surface area contributed by atoms with Crippen LogP contribution in [0.2, 0.25) is 0 Å². The highest BCUT2D eigenvalue weighted by atomic mass is 32.1. The van der Waals surface area contributed by atoms with Gasteiger partial charge in [0.25, 0.3) is 11.8 Å². The summed E-state index contributed by atoms with van der Waals surface area (Å²) >= 11 is 1.40. The van der Waals surface area contributed by atoms with Crippen LogP contribution in [-0.4, -0.2) is 35.0 Å². The number of phenolic OH excluding ortho intramolecular Hbond substituents is 1. The SMILES string of the molecule is Cc1nc(C(C)C)sc1C(=O)NCCNC(=O)c1ccc(O)cc1. The van der Waals surface area contributed by atoms with E-state index in [-0.39, 0.29) is 17.6 Å². The monoisotopic (exact) mass is 347 g/mol. The van der Waals surface area contributed by atoms with Crippen molar-refractivity contribution >= 4 is 23.2 Å². The van der Waals surface area contributed by atoms with E-state index in [0.717, 1.165) is 10.7 Å². The Morgan fingerprint density at radius 2 is 1.71 bits per heavy atom. The summed E-state index contributed by atoms with van der Waals surface area (Å²) in [7, 11) is 0. The predicted molar refractivity (Wildman–Crippen MR) is 93.7 cm³/mol. The molecule has 0 saturated carbocycles. The quantitative estimate of drug-likeness (QED) is 0.700. The number of phenols is 1. The van der Waals surface area contributed by atoms with Gasteiger partial charge in [0.1, 0.15) is 10.6 Å². The van der Waals surface area contributed by atoms with Gasteiger partial charge in [0, 0.05) is 24.6 Å². The molecule has 0 bridgehead atoms. The first kappa shape index (κ1) is 17.9. The third kappa shape index (κ3) is 4.55. The van der Waals surface area contributed by atoms with Crippen LogP contribution in [0.4, 0.5) is 0 Å². The fourth-order valence-electron chi connectivity index (χ4n) is 2.02. The second kappa shape index (κ2) is 7.92. The van der Waals surface area contributed by atoms with Crippen LogP contribution < -0.4 is 10.6 Å². The molecule has 128 valence electrons. The molecule has 1 heterocycles. The van der Waals surface area contributed by atoms with Gasteiger partial charge in [-0.25, -0.2) is 4.98 Å². The van der Waals surface area contributed by atoms with Gasteiger partial charge in [-0.15, -0.1) is 11.3 Å². The van der Waals surface area contributed by atoms with Crippen LogP contribution in [0.15, 0.2) is 24.3 Å². The maximum atomic E-state index is 12.2. The average Bonchev–Trinajstić information content (AvgIpc) is 2.94. The van der Waals surface area contributed by atoms with Crippen LogP contribution in [0.5, 0.6) is 5.75 Å². The summed E-state index contributed by atoms with van der Waals surface area (Å²) in [4.78, 5) is 29.1. The van der Waals surface area contributed by atoms with Crippen LogP contribution in [0, 0.1) is 6.92 Å². The van der Waals surface area contributed by atoms with Gasteiger partial charge >= 0.3 is 0 Å². The lowest BCUT2D eigenvalue weighted by atomic mass is 10.2. The van der Waals surface area contributed by atoms with Crippen LogP contribution >= 0.6 is 11.3 Å². The molecule has 2 rings (SSSR count). The number of aromatic nitrogens is 1. The number of nitrogens with one attached hydrogen (secondary N) is 2. The van der Waals surface area contributed by atoms with Gasteiger partial charge < -0.3 is 15.7 Å². The van der Waals surface area contributed by atoms with Crippen molar-refractivity contribution in [3.05, 3.63) is 45.4 Å². The van der Waals surface area contributed by atoms with Crippen LogP contribution in [0.25, 0.3) is 0 Å². The molecule has 0 aliphatic carbocycles. The number of aromatic hydroxyl groups is 1. The molecule has 0 radical (unpaired) electrons. The molecule has 6 nitrogen and oxygen atoms in total. The zero-order chi connectivity index (χ0) is 17.7. The lowest BCUT2D eigenvalue weighted by molar-refractivity contribution is 0.0929. The number of aryl methyl sites for hydroxylation is 1. The highest BCUT2D eigenvalue weighted by Crippen LogP contribution is 2.24. The molecule has 0 atom stereocenters. The number of amides is 2. The molecular formula is C17H21N3O3S. The Labute approximate surface area is 144 Å². The smallest absolute Gasteiger partial charge is 0.263 e. The number of hydrogen-bond acceptors (Lipinski definition) is 5. The number of hydrogen-bond donors (Lipinski definition) is 3. The second-order valence-electron chi connectivity index (χ2n) is 5.68. The van der Waals surface area contributed by atoms with Crippen molar-refractivity contribution in [1.82, 2.24) is 15.6 Å². The van der Waals surface area contributed by atoms with Gasteiger partial charge in [0.2, 0.25) is 0 Å². The van der Waals surface area contributed by atoms with Crippen molar-refractivity contribution in [2.24, 2.45) is 0 Å². The van der Waals surface area contributed by atoms with Crippen molar-refractivity contribution in [1.29, 1.82) is 0 Å². The lowest BCUT2D eigenvalue weighted by Gasteiger charge is -2.07. The molecule has 2 aromatic rings. The third-order valence-corrected chi connectivity index (χ3v) is 4.80. The van der Waals surface area contributed by atoms with E-state index in [0.29, 0.717) is 29.4 Å². The fraction of sp³-hybridized carbons (Fsp3) is 0.353. The summed E-state index contributed by atoms with van der Waals surface area (Å²) in [6.45, 7) is 6.55. The maximum Gasteiger partial charge on any atom is 0.263 e. The molecule has 24 heavy (non-hydrogen) atoms. The Morgan fingerprint density at radius 1 is 1.12 bits per heavy atom. The molecule has 1 aromatic heterocycles. The molecule has 1 aromatic carbocycles. The minimum Gasteiger partial charge on any atom is -0.508 e. The zero-order valence-corrected chi connectivity index (χ0v) is 14.7. The second-order valence-corrected chi connectivity index (χ2v) is 6.71. The predicted octanol–water partition coefficient (Wildman–Crippen LogP) is 2.44. The number of benzene rings is 1. The Bertz CT molecular complexity index is 723. The van der Waals surface area contributed by atoms with Crippen LogP contribution in [0.3, 0.4) is 0 Å². The normalized spacial score (nSPS) is 10.7. The Kier molecular flexibility index (Phi) is 5.92. The van der Waals surface area contributed by atoms with Crippen molar-refractivity contribution in [2.75, 3.05) is 13.1 Å². The van der Waals surface area contributed by atoms with E-state index in [9.17, 15) is 14.7 Å². The number of carbonyl (C=O) groups is 2. The molecule has 2 amide bonds. The maximum absolute atomic E-state index is 12.2. The van der Waals surface area contributed by atoms with Crippen molar-refractivity contribution in [3.8, 4) is 5.75 Å². The minimum atomic E-state index is -0.250. The standard InChI is InChI=1S/C17H21N3O3S/c1-10(2)17-20-11(3)14(24-17)16(23)19-9-8-18-15(22)12-4-6-13(21)7-5-12/h4-7,10,21H,8-9H2,1-3H3,(H,18,22)(H,19,23). The topological polar surface area (TPSA) is 91.3 Å². The fourth-order valence-corrected chi connectivity index (χ4v) is 3.01. The summed E-state index contributed by atoms with van der Waals surface area (Å²) in [5, 5.41) is 15.6. The van der Waals surface area contributed by atoms with Crippen molar-refractivity contribution < 1.29 is 14.7 Å². The number of thiazole rings is 1. The lowest BCUT2D eigenvalue weighted by Crippen LogP contribution is -2.34. The zero-order valence-electron chi connectivity index (χ0n) is 13.9. The van der Waals surface area contributed by atoms with Crippen LogP contribution in [-0.2, 0) is 0 Å². The van der Waals surface area contributed by atoms with Crippen molar-refractivity contribution in [2.45, 2.75) is 26.7 Å². The molecule has 0 aliphatic rings. The van der Waals surface area contributed by atoms with E-state index >= 15 is 0 Å². The molecule has 0 aliphatic heterocycles. The minimum absolute atomic E-state index is 0.111. The van der Waals surface area contributed by atoms with Gasteiger partial charge in [-0.2, -0.15) is 0 Å². The summed E-state index contributed by atoms with van der Waals surface area (Å²) in [5.74, 6) is -0.0181. The third-order valence-electron chi connectivity index (χ3n) is 3.34. The number of rotatable bonds is 6. The van der Waals surface area contributed by atoms with E-state index in [2.05, 4.69) is 15.6 Å². The first-order valence-electron chi connectivity index (χ1n) is 7.71. The van der Waals surface area contributed by atoms with E-state index in [1.807, 2.05) is 20.8 Å². The Balaban J connectivity index is 1.80. The summed E-state index contributed by atoms with van der Waals surface area (Å²) in [6.07, 6.45) is 0. The Morgan fingerprint density at radius 3 is 2.25 bits per heavy atom.